The first-order chi connectivity index (χ1) is 11.6. The Hall–Kier alpha value is -1.75. The van der Waals surface area contributed by atoms with Crippen LogP contribution >= 0.6 is 24.0 Å². The molecule has 0 aliphatic carbocycles. The lowest BCUT2D eigenvalue weighted by Gasteiger charge is -2.16. The number of nitrogens with zero attached hydrogens (tertiary/aromatic N) is 1. The van der Waals surface area contributed by atoms with E-state index in [0.29, 0.717) is 24.6 Å². The Kier molecular flexibility index (Phi) is 7.12. The molecule has 0 saturated carbocycles. The molecule has 1 aliphatic rings. The van der Waals surface area contributed by atoms with Crippen molar-refractivity contribution in [1.29, 1.82) is 0 Å². The van der Waals surface area contributed by atoms with Gasteiger partial charge in [-0.1, -0.05) is 41.9 Å². The lowest BCUT2D eigenvalue weighted by molar-refractivity contribution is -0.129. The molecule has 0 spiro atoms. The van der Waals surface area contributed by atoms with Gasteiger partial charge in [-0.2, -0.15) is 0 Å². The lowest BCUT2D eigenvalue weighted by atomic mass is 10.1. The second kappa shape index (κ2) is 9.09. The highest BCUT2D eigenvalue weighted by atomic mass is 35.5. The van der Waals surface area contributed by atoms with E-state index in [9.17, 15) is 4.79 Å². The predicted octanol–water partition coefficient (Wildman–Crippen LogP) is 3.44. The van der Waals surface area contributed by atoms with Gasteiger partial charge in [-0.05, 0) is 30.2 Å². The van der Waals surface area contributed by atoms with Crippen molar-refractivity contribution >= 4 is 29.9 Å². The third-order valence-electron chi connectivity index (χ3n) is 4.18. The quantitative estimate of drug-likeness (QED) is 0.863. The van der Waals surface area contributed by atoms with Crippen LogP contribution in [0.4, 0.5) is 0 Å². The van der Waals surface area contributed by atoms with Gasteiger partial charge in [-0.15, -0.1) is 12.4 Å². The molecule has 2 aromatic rings. The summed E-state index contributed by atoms with van der Waals surface area (Å²) in [7, 11) is 0. The van der Waals surface area contributed by atoms with Crippen LogP contribution in [0.3, 0.4) is 0 Å². The van der Waals surface area contributed by atoms with Gasteiger partial charge in [0.25, 0.3) is 0 Å². The van der Waals surface area contributed by atoms with E-state index < -0.39 is 0 Å². The molecule has 1 heterocycles. The largest absolute Gasteiger partial charge is 0.489 e. The molecule has 1 amide bonds. The molecule has 0 radical (unpaired) electrons. The van der Waals surface area contributed by atoms with Crippen LogP contribution in [0.5, 0.6) is 5.75 Å². The van der Waals surface area contributed by atoms with Crippen LogP contribution < -0.4 is 10.5 Å². The summed E-state index contributed by atoms with van der Waals surface area (Å²) in [5.74, 6) is 0.851. The Bertz CT molecular complexity index is 724. The normalized spacial score (nSPS) is 16.4. The molecule has 3 rings (SSSR count). The van der Waals surface area contributed by atoms with Crippen molar-refractivity contribution in [2.75, 3.05) is 13.1 Å². The number of likely N-dealkylation sites (tertiary alicyclic amines) is 1. The molecule has 2 N–H and O–H groups in total. The number of carbonyl (C=O) groups is 1. The van der Waals surface area contributed by atoms with Gasteiger partial charge in [0.15, 0.2) is 0 Å². The van der Waals surface area contributed by atoms with Gasteiger partial charge >= 0.3 is 0 Å². The molecule has 0 bridgehead atoms. The Balaban J connectivity index is 0.00000225. The van der Waals surface area contributed by atoms with Crippen molar-refractivity contribution in [3.05, 3.63) is 64.7 Å². The number of ether oxygens (including phenoxy) is 1. The number of amides is 1. The summed E-state index contributed by atoms with van der Waals surface area (Å²) in [6, 6.07) is 15.3. The molecular formula is C19H22Cl2N2O2. The zero-order valence-corrected chi connectivity index (χ0v) is 15.4. The number of nitrogens with two attached hydrogens (primary N) is 1. The maximum absolute atomic E-state index is 12.3. The minimum Gasteiger partial charge on any atom is -0.489 e. The zero-order chi connectivity index (χ0) is 16.9. The fourth-order valence-electron chi connectivity index (χ4n) is 2.82. The number of hydrogen-bond acceptors (Lipinski definition) is 3. The fourth-order valence-corrected chi connectivity index (χ4v) is 3.01. The van der Waals surface area contributed by atoms with Crippen molar-refractivity contribution in [2.24, 2.45) is 5.73 Å². The van der Waals surface area contributed by atoms with Crippen molar-refractivity contribution < 1.29 is 9.53 Å². The highest BCUT2D eigenvalue weighted by Gasteiger charge is 2.23. The van der Waals surface area contributed by atoms with Crippen LogP contribution in [0.25, 0.3) is 0 Å². The topological polar surface area (TPSA) is 55.6 Å². The molecule has 6 heteroatoms. The third-order valence-corrected chi connectivity index (χ3v) is 4.55. The van der Waals surface area contributed by atoms with Crippen molar-refractivity contribution in [3.8, 4) is 5.75 Å². The number of rotatable bonds is 5. The highest BCUT2D eigenvalue weighted by Crippen LogP contribution is 2.20. The van der Waals surface area contributed by atoms with Crippen molar-refractivity contribution in [1.82, 2.24) is 4.90 Å². The van der Waals surface area contributed by atoms with E-state index in [0.717, 1.165) is 29.8 Å². The summed E-state index contributed by atoms with van der Waals surface area (Å²) in [4.78, 5) is 14.1. The van der Waals surface area contributed by atoms with Crippen LogP contribution in [0.1, 0.15) is 17.5 Å². The maximum atomic E-state index is 12.3. The van der Waals surface area contributed by atoms with Gasteiger partial charge in [0, 0.05) is 29.7 Å². The van der Waals surface area contributed by atoms with Crippen LogP contribution in [-0.2, 0) is 17.8 Å². The minimum atomic E-state index is 0. The average molecular weight is 381 g/mol. The van der Waals surface area contributed by atoms with Crippen molar-refractivity contribution in [2.45, 2.75) is 25.5 Å². The number of carbonyl (C=O) groups excluding carboxylic acids is 1. The first kappa shape index (κ1) is 19.6. The van der Waals surface area contributed by atoms with E-state index in [1.165, 1.54) is 0 Å². The molecule has 25 heavy (non-hydrogen) atoms. The van der Waals surface area contributed by atoms with E-state index in [1.54, 1.807) is 0 Å². The molecule has 1 aliphatic heterocycles. The Morgan fingerprint density at radius 3 is 2.76 bits per heavy atom. The van der Waals surface area contributed by atoms with Crippen LogP contribution in [0.2, 0.25) is 5.02 Å². The predicted molar refractivity (Wildman–Crippen MR) is 102 cm³/mol. The van der Waals surface area contributed by atoms with E-state index in [-0.39, 0.29) is 24.4 Å². The molecule has 0 unspecified atom stereocenters. The second-order valence-corrected chi connectivity index (χ2v) is 6.50. The lowest BCUT2D eigenvalue weighted by Crippen LogP contribution is -2.32. The van der Waals surface area contributed by atoms with Gasteiger partial charge < -0.3 is 15.4 Å². The number of hydrogen-bond donors (Lipinski definition) is 1. The first-order valence-corrected chi connectivity index (χ1v) is 8.48. The van der Waals surface area contributed by atoms with Gasteiger partial charge in [-0.3, -0.25) is 4.79 Å². The van der Waals surface area contributed by atoms with Crippen LogP contribution in [-0.4, -0.2) is 29.9 Å². The van der Waals surface area contributed by atoms with E-state index in [4.69, 9.17) is 22.1 Å². The molecular weight excluding hydrogens is 359 g/mol. The Morgan fingerprint density at radius 1 is 1.24 bits per heavy atom. The number of halogens is 2. The Labute approximate surface area is 159 Å². The van der Waals surface area contributed by atoms with Gasteiger partial charge in [0.1, 0.15) is 12.4 Å². The zero-order valence-electron chi connectivity index (χ0n) is 13.9. The highest BCUT2D eigenvalue weighted by molar-refractivity contribution is 6.31. The molecule has 1 atom stereocenters. The summed E-state index contributed by atoms with van der Waals surface area (Å²) >= 11 is 6.13. The average Bonchev–Trinajstić information content (AvgIpc) is 3.01. The summed E-state index contributed by atoms with van der Waals surface area (Å²) in [6.45, 7) is 1.81. The first-order valence-electron chi connectivity index (χ1n) is 8.10. The summed E-state index contributed by atoms with van der Waals surface area (Å²) in [6.07, 6.45) is 1.25. The second-order valence-electron chi connectivity index (χ2n) is 6.09. The smallest absolute Gasteiger partial charge is 0.227 e. The molecule has 0 aromatic heterocycles. The van der Waals surface area contributed by atoms with E-state index in [1.807, 2.05) is 53.4 Å². The minimum absolute atomic E-state index is 0. The monoisotopic (exact) mass is 380 g/mol. The van der Waals surface area contributed by atoms with Crippen LogP contribution in [0, 0.1) is 0 Å². The standard InChI is InChI=1S/C19H21ClN2O2.ClH/c20-18-7-2-1-5-15(18)13-24-17-6-3-4-14(10-17)11-19(23)22-9-8-16(21)12-22;/h1-7,10,16H,8-9,11-13,21H2;1H/t16-;/m1./s1. The van der Waals surface area contributed by atoms with Crippen molar-refractivity contribution in [3.63, 3.8) is 0 Å². The molecule has 134 valence electrons. The summed E-state index contributed by atoms with van der Waals surface area (Å²) in [5.41, 5.74) is 7.74. The van der Waals surface area contributed by atoms with E-state index in [2.05, 4.69) is 0 Å². The maximum Gasteiger partial charge on any atom is 0.227 e. The molecule has 1 saturated heterocycles. The van der Waals surface area contributed by atoms with Gasteiger partial charge in [0.2, 0.25) is 5.91 Å². The Morgan fingerprint density at radius 2 is 2.04 bits per heavy atom. The molecule has 1 fully saturated rings. The molecule has 2 aromatic carbocycles. The summed E-state index contributed by atoms with van der Waals surface area (Å²) < 4.78 is 5.81. The van der Waals surface area contributed by atoms with Gasteiger partial charge in [0.05, 0.1) is 6.42 Å². The summed E-state index contributed by atoms with van der Waals surface area (Å²) in [5, 5.41) is 0.689. The van der Waals surface area contributed by atoms with Crippen LogP contribution in [0.15, 0.2) is 48.5 Å². The molecule has 4 nitrogen and oxygen atoms in total. The fraction of sp³-hybridized carbons (Fsp3) is 0.316. The van der Waals surface area contributed by atoms with E-state index >= 15 is 0 Å². The van der Waals surface area contributed by atoms with Gasteiger partial charge in [-0.25, -0.2) is 0 Å². The number of benzene rings is 2. The third kappa shape index (κ3) is 5.36. The SMILES string of the molecule is Cl.N[C@@H]1CCN(C(=O)Cc2cccc(OCc3ccccc3Cl)c2)C1.